The third-order valence-corrected chi connectivity index (χ3v) is 31.6. The molecule has 4 saturated heterocycles. The lowest BCUT2D eigenvalue weighted by Gasteiger charge is -2.16. The maximum Gasteiger partial charge on any atom is 0.298 e. The van der Waals surface area contributed by atoms with Crippen molar-refractivity contribution >= 4 is 229 Å². The number of sulfone groups is 2. The highest BCUT2D eigenvalue weighted by atomic mass is 32.2. The van der Waals surface area contributed by atoms with Gasteiger partial charge in [0.2, 0.25) is 0 Å². The van der Waals surface area contributed by atoms with E-state index in [1.807, 2.05) is 54.0 Å². The molecule has 6 aromatic carbocycles. The number of thiocarbonyl (C=S) groups is 2. The predicted molar refractivity (Wildman–Crippen MR) is 491 cm³/mol. The summed E-state index contributed by atoms with van der Waals surface area (Å²) in [6.07, 6.45) is 8.29. The van der Waals surface area contributed by atoms with Crippen LogP contribution in [-0.2, 0) is 106 Å². The number of rotatable bonds is 32. The van der Waals surface area contributed by atoms with Crippen LogP contribution in [0.15, 0.2) is 164 Å². The lowest BCUT2D eigenvalue weighted by atomic mass is 10.0. The summed E-state index contributed by atoms with van der Waals surface area (Å²) in [4.78, 5) is 73.2. The lowest BCUT2D eigenvalue weighted by molar-refractivity contribution is -0.121. The number of aryl methyl sites for hydroxylation is 1. The minimum absolute atomic E-state index is 0. The summed E-state index contributed by atoms with van der Waals surface area (Å²) in [5.41, 5.74) is 11.8. The van der Waals surface area contributed by atoms with Gasteiger partial charge in [0, 0.05) is 70.5 Å². The van der Waals surface area contributed by atoms with Crippen LogP contribution in [0, 0.1) is 45.0 Å². The van der Waals surface area contributed by atoms with Crippen LogP contribution in [-0.4, -0.2) is 185 Å². The molecule has 6 fully saturated rings. The molecule has 4 aliphatic heterocycles. The van der Waals surface area contributed by atoms with E-state index in [4.69, 9.17) is 47.4 Å². The molecule has 2 saturated carbocycles. The first-order valence-corrected chi connectivity index (χ1v) is 53.2. The molecule has 17 N–H and O–H groups in total. The van der Waals surface area contributed by atoms with E-state index in [2.05, 4.69) is 74.4 Å². The predicted octanol–water partition coefficient (Wildman–Crippen LogP) is 4.56. The van der Waals surface area contributed by atoms with Gasteiger partial charge in [-0.25, -0.2) is 60.5 Å². The van der Waals surface area contributed by atoms with E-state index in [1.54, 1.807) is 50.1 Å². The molecule has 130 heavy (non-hydrogen) atoms. The van der Waals surface area contributed by atoms with Gasteiger partial charge in [-0.2, -0.15) is 62.6 Å². The number of isothiocyanates is 2. The molecule has 6 aliphatic rings. The molecule has 13 atom stereocenters. The number of amides is 4. The van der Waals surface area contributed by atoms with Crippen molar-refractivity contribution in [2.75, 3.05) is 33.3 Å². The van der Waals surface area contributed by atoms with E-state index >= 15 is 0 Å². The molecule has 0 radical (unpaired) electrons. The van der Waals surface area contributed by atoms with E-state index < -0.39 is 140 Å². The Morgan fingerprint density at radius 3 is 1.37 bits per heavy atom. The van der Waals surface area contributed by atoms with Crippen molar-refractivity contribution in [3.8, 4) is 16.6 Å². The lowest BCUT2D eigenvalue weighted by Crippen LogP contribution is -2.45. The first-order valence-electron chi connectivity index (χ1n) is 37.3. The summed E-state index contributed by atoms with van der Waals surface area (Å²) < 4.78 is 213. The Morgan fingerprint density at radius 2 is 0.931 bits per heavy atom. The van der Waals surface area contributed by atoms with Gasteiger partial charge in [0.15, 0.2) is 24.6 Å². The summed E-state index contributed by atoms with van der Waals surface area (Å²) >= 11 is 11.4. The number of carbonyl (C=O) groups is 4. The number of hydrogen-bond acceptors (Lipinski definition) is 39. The molecule has 4 heterocycles. The zero-order valence-electron chi connectivity index (χ0n) is 67.1. The molecule has 58 heteroatoms. The number of aliphatic imine (C=N–C) groups is 2. The van der Waals surface area contributed by atoms with E-state index in [-0.39, 0.29) is 105 Å². The van der Waals surface area contributed by atoms with Gasteiger partial charge in [-0.15, -0.1) is 28.6 Å². The summed E-state index contributed by atoms with van der Waals surface area (Å²) in [6, 6.07) is 25.5. The van der Waals surface area contributed by atoms with Crippen molar-refractivity contribution in [1.29, 1.82) is 10.5 Å². The molecule has 44 nitrogen and oxygen atoms in total. The van der Waals surface area contributed by atoms with E-state index in [1.165, 1.54) is 96.3 Å². The van der Waals surface area contributed by atoms with Crippen LogP contribution >= 0.6 is 71.5 Å². The molecule has 2 aliphatic carbocycles. The molecule has 5 unspecified atom stereocenters. The molecule has 12 rings (SSSR count). The molecule has 0 spiro atoms. The largest absolute Gasteiger partial charge is 0.740 e. The van der Waals surface area contributed by atoms with Gasteiger partial charge in [0.25, 0.3) is 74.6 Å². The van der Waals surface area contributed by atoms with E-state index in [0.29, 0.717) is 54.6 Å². The van der Waals surface area contributed by atoms with Gasteiger partial charge in [0.1, 0.15) is 40.0 Å². The van der Waals surface area contributed by atoms with Gasteiger partial charge in [-0.05, 0) is 217 Å². The minimum Gasteiger partial charge on any atom is -0.740 e. The highest BCUT2D eigenvalue weighted by Crippen LogP contribution is 2.67. The standard InChI is InChI=1S/C26H28N8O10S6.C26H28N8O6S6.C20H22N2O7S2.N2O.2H2/c27-13-46-18-6-4-16(24(8-18)48(39,40)20-10-22(31-12-20)26(36)34-50(29,43)44)2-1-15-3-5-17(32-14-45)7-23(15)47(37,38)19-9-21(30-11-19)25(35)33-49(28,41)42;27-13-42-18-6-4-16(24(10-18)44-20-9-22(31-12-20)26(36)34-46(29,39)40)2-1-15-3-5-17(32-14-41)7-23(15)43-19-8-21(30-11-19)25(35)33-45(28,37)38;1-11-3-5-14(20(7-11)31(25,26)27)16-10-18(16)17-9-15(17)13-6-4-12(21-22-28-2)8-19(13)29-30(23)24;1-2-3;;/h1-8,19-22,30-31H,9-12H2,(H,33,35)(H,34,36)(H2,28,41,42)(H2,29,43,44);1-7,10,19-22,30-31H,8-9,11-12H2,(H,33,35)(H,34,36)(H2,28,37,38)(H2,29,39,40);3-8,15-18H,9-10H2,1-2H3,(H,23,24)(H,25,26,27);;2*1H/p-1/b2*2-1+;;;;/t2*19-,20+,21-,22-;;;;/m11..../s1. The Labute approximate surface area is 779 Å². The fraction of sp³-hybridized carbons (Fsp3) is 0.333. The van der Waals surface area contributed by atoms with Crippen molar-refractivity contribution in [2.45, 2.75) is 137 Å². The van der Waals surface area contributed by atoms with Crippen LogP contribution < -0.4 is 69.9 Å². The number of thioether (sulfide) groups is 4. The van der Waals surface area contributed by atoms with Crippen LogP contribution in [0.3, 0.4) is 0 Å². The first kappa shape index (κ1) is 104. The molecular weight excluding hydrogens is 1980 g/mol. The highest BCUT2D eigenvalue weighted by Gasteiger charge is 2.56. The van der Waals surface area contributed by atoms with Crippen LogP contribution in [0.25, 0.3) is 29.8 Å². The van der Waals surface area contributed by atoms with Crippen LogP contribution in [0.1, 0.15) is 92.2 Å². The second-order valence-electron chi connectivity index (χ2n) is 28.9. The van der Waals surface area contributed by atoms with Gasteiger partial charge >= 0.3 is 0 Å². The van der Waals surface area contributed by atoms with Gasteiger partial charge < -0.3 is 34.8 Å². The normalized spacial score (nSPS) is 22.0. The zero-order valence-corrected chi connectivity index (χ0v) is 78.6. The topological polar surface area (TPSA) is 737 Å². The van der Waals surface area contributed by atoms with Crippen molar-refractivity contribution in [1.82, 2.24) is 45.1 Å². The Bertz CT molecular complexity index is 6630. The SMILES string of the molecule is CON=Nc1ccc(C2CC2C2CC2c2ccc(C)cc2S(=O)(=O)O)c(OS(=O)[O-])c1.N#CSc1ccc(/C=C/c2ccc(N=C=S)cc2S(=O)(=O)[C@H]2CN[C@@H](C(=O)NS(N)(=O)=O)C2)c(S(=O)(=O)[C@@H]2CN[C@@H](C(=O)NS(N)(=O)=O)C2)c1.N#CSc1ccc(/C=C/c2ccc(N=C=S)cc2S[C@H]2CN[C@@H](C(=O)NS(N)(=O)=O)C2)c(S[C@@H]2CN[C@@H](C(=O)NS(N)(=O)=O)C2)c1.[HH].[HH].[N-]=[N+]=O. The number of nitrogens with one attached hydrogen (secondary N) is 8. The Balaban J connectivity index is 0.000000271. The molecule has 4 amide bonds. The smallest absolute Gasteiger partial charge is 0.298 e. The summed E-state index contributed by atoms with van der Waals surface area (Å²) in [7, 11) is -28.6. The van der Waals surface area contributed by atoms with Crippen LogP contribution in [0.5, 0.6) is 5.75 Å². The number of nitriles is 2. The van der Waals surface area contributed by atoms with Crippen molar-refractivity contribution in [3.63, 3.8) is 0 Å². The van der Waals surface area contributed by atoms with Gasteiger partial charge in [0.05, 0.1) is 76.7 Å². The quantitative estimate of drug-likeness (QED) is 0.00263. The van der Waals surface area contributed by atoms with E-state index in [9.17, 15) is 102 Å². The van der Waals surface area contributed by atoms with Crippen LogP contribution in [0.2, 0.25) is 0 Å². The first-order chi connectivity index (χ1) is 61.1. The minimum atomic E-state index is -4.39. The van der Waals surface area contributed by atoms with Gasteiger partial charge in [-0.3, -0.25) is 29.3 Å². The summed E-state index contributed by atoms with van der Waals surface area (Å²) in [6.45, 7) is 2.22. The second kappa shape index (κ2) is 45.3. The molecule has 0 aromatic heterocycles. The molecule has 698 valence electrons. The summed E-state index contributed by atoms with van der Waals surface area (Å²) in [5, 5.41) is 62.5. The molecule has 6 aromatic rings. The van der Waals surface area contributed by atoms with Crippen molar-refractivity contribution in [2.24, 2.45) is 52.8 Å². The highest BCUT2D eigenvalue weighted by molar-refractivity contribution is 8.04. The van der Waals surface area contributed by atoms with Crippen LogP contribution in [0.4, 0.5) is 17.1 Å². The number of carbonyl (C=O) groups excluding carboxylic acids is 4. The number of nitroso groups, excluding NO2 is 1. The maximum atomic E-state index is 13.9. The third-order valence-electron chi connectivity index (χ3n) is 20.1. The average Bonchev–Trinajstić information content (AvgIpc) is 1.56. The zero-order chi connectivity index (χ0) is 95.6. The fourth-order valence-corrected chi connectivity index (χ4v) is 24.7. The Morgan fingerprint density at radius 1 is 0.546 bits per heavy atom. The Kier molecular flexibility index (Phi) is 36.4. The molecular formula is C72H81N20O24S14-. The second-order valence-corrected chi connectivity index (χ2v) is 45.2. The number of nitrogens with zero attached hydrogens (tertiary/aromatic N) is 8. The number of thiocyanates is 2. The number of nitrogens with two attached hydrogens (primary N) is 4. The third kappa shape index (κ3) is 30.3. The molecule has 0 bridgehead atoms. The summed E-state index contributed by atoms with van der Waals surface area (Å²) in [5.74, 6) is -2.66. The number of benzene rings is 6. The van der Waals surface area contributed by atoms with Gasteiger partial charge in [-0.1, -0.05) is 66.8 Å². The van der Waals surface area contributed by atoms with Crippen molar-refractivity contribution < 1.29 is 103 Å². The fourth-order valence-electron chi connectivity index (χ4n) is 14.4. The monoisotopic (exact) mass is 2060 g/mol. The number of hydrogen-bond donors (Lipinski definition) is 13. The van der Waals surface area contributed by atoms with E-state index in [0.717, 1.165) is 61.5 Å². The average molecular weight is 2060 g/mol. The Hall–Kier alpha value is -9.43. The maximum absolute atomic E-state index is 13.9. The van der Waals surface area contributed by atoms with Crippen molar-refractivity contribution in [3.05, 3.63) is 159 Å².